The van der Waals surface area contributed by atoms with E-state index in [1.54, 1.807) is 0 Å². The van der Waals surface area contributed by atoms with Crippen LogP contribution in [0.5, 0.6) is 0 Å². The first-order valence-electron chi connectivity index (χ1n) is 4.34. The first-order chi connectivity index (χ1) is 5.72. The molecule has 0 unspecified atom stereocenters. The summed E-state index contributed by atoms with van der Waals surface area (Å²) in [7, 11) is 0. The van der Waals surface area contributed by atoms with Gasteiger partial charge in [-0.1, -0.05) is 0 Å². The summed E-state index contributed by atoms with van der Waals surface area (Å²) in [4.78, 5) is 2.10. The maximum absolute atomic E-state index is 5.58. The highest BCUT2D eigenvalue weighted by atomic mass is 32.1. The van der Waals surface area contributed by atoms with Gasteiger partial charge in [0, 0.05) is 18.5 Å². The van der Waals surface area contributed by atoms with Crippen LogP contribution in [-0.4, -0.2) is 36.3 Å². The van der Waals surface area contributed by atoms with Crippen LogP contribution < -0.4 is 5.73 Å². The topological polar surface area (TPSA) is 38.5 Å². The lowest BCUT2D eigenvalue weighted by molar-refractivity contribution is -0.135. The molecule has 0 amide bonds. The third kappa shape index (κ3) is 1.29. The number of thiocarbonyl (C=S) groups is 1. The SMILES string of the molecule is NC(=S)N1CCCC2(COC2)C1. The van der Waals surface area contributed by atoms with Crippen LogP contribution in [0.2, 0.25) is 0 Å². The molecule has 2 fully saturated rings. The van der Waals surface area contributed by atoms with E-state index in [0.29, 0.717) is 10.5 Å². The molecular formula is C8H14N2OS. The zero-order valence-corrected chi connectivity index (χ0v) is 7.90. The minimum atomic E-state index is 0.391. The number of hydrogen-bond donors (Lipinski definition) is 1. The lowest BCUT2D eigenvalue weighted by atomic mass is 9.78. The largest absolute Gasteiger partial charge is 0.380 e. The third-order valence-corrected chi connectivity index (χ3v) is 3.05. The van der Waals surface area contributed by atoms with E-state index >= 15 is 0 Å². The van der Waals surface area contributed by atoms with Gasteiger partial charge in [-0.05, 0) is 25.1 Å². The molecule has 0 saturated carbocycles. The molecule has 12 heavy (non-hydrogen) atoms. The maximum Gasteiger partial charge on any atom is 0.166 e. The predicted molar refractivity (Wildman–Crippen MR) is 50.8 cm³/mol. The van der Waals surface area contributed by atoms with Crippen molar-refractivity contribution in [3.05, 3.63) is 0 Å². The number of nitrogens with two attached hydrogens (primary N) is 1. The Morgan fingerprint density at radius 3 is 2.75 bits per heavy atom. The van der Waals surface area contributed by atoms with E-state index in [2.05, 4.69) is 4.90 Å². The summed E-state index contributed by atoms with van der Waals surface area (Å²) < 4.78 is 5.23. The molecule has 0 aromatic carbocycles. The second-order valence-electron chi connectivity index (χ2n) is 3.86. The van der Waals surface area contributed by atoms with Crippen LogP contribution in [-0.2, 0) is 4.74 Å². The summed E-state index contributed by atoms with van der Waals surface area (Å²) >= 11 is 4.95. The summed E-state index contributed by atoms with van der Waals surface area (Å²) in [6.07, 6.45) is 2.47. The Hall–Kier alpha value is -0.350. The van der Waals surface area contributed by atoms with E-state index in [9.17, 15) is 0 Å². The Kier molecular flexibility index (Phi) is 1.96. The van der Waals surface area contributed by atoms with Crippen LogP contribution in [0.3, 0.4) is 0 Å². The average molecular weight is 186 g/mol. The lowest BCUT2D eigenvalue weighted by Crippen LogP contribution is -2.56. The van der Waals surface area contributed by atoms with Gasteiger partial charge in [-0.15, -0.1) is 0 Å². The minimum absolute atomic E-state index is 0.391. The molecular weight excluding hydrogens is 172 g/mol. The molecule has 0 aromatic heterocycles. The fraction of sp³-hybridized carbons (Fsp3) is 0.875. The van der Waals surface area contributed by atoms with Gasteiger partial charge in [-0.3, -0.25) is 0 Å². The molecule has 2 heterocycles. The Bertz CT molecular complexity index is 203. The highest BCUT2D eigenvalue weighted by Crippen LogP contribution is 2.36. The van der Waals surface area contributed by atoms with Crippen molar-refractivity contribution >= 4 is 17.3 Å². The van der Waals surface area contributed by atoms with Gasteiger partial charge >= 0.3 is 0 Å². The fourth-order valence-electron chi connectivity index (χ4n) is 2.02. The molecule has 2 saturated heterocycles. The van der Waals surface area contributed by atoms with E-state index in [-0.39, 0.29) is 0 Å². The molecule has 2 aliphatic heterocycles. The van der Waals surface area contributed by atoms with E-state index in [0.717, 1.165) is 26.3 Å². The fourth-order valence-corrected chi connectivity index (χ4v) is 2.18. The van der Waals surface area contributed by atoms with E-state index in [1.165, 1.54) is 12.8 Å². The van der Waals surface area contributed by atoms with Gasteiger partial charge in [0.05, 0.1) is 13.2 Å². The first-order valence-corrected chi connectivity index (χ1v) is 4.75. The second-order valence-corrected chi connectivity index (χ2v) is 4.27. The number of piperidine rings is 1. The van der Waals surface area contributed by atoms with Crippen molar-refractivity contribution in [2.24, 2.45) is 11.1 Å². The smallest absolute Gasteiger partial charge is 0.166 e. The van der Waals surface area contributed by atoms with Gasteiger partial charge in [-0.25, -0.2) is 0 Å². The zero-order valence-electron chi connectivity index (χ0n) is 7.08. The highest BCUT2D eigenvalue weighted by Gasteiger charge is 2.42. The van der Waals surface area contributed by atoms with Crippen molar-refractivity contribution in [3.8, 4) is 0 Å². The van der Waals surface area contributed by atoms with Gasteiger partial charge in [0.25, 0.3) is 0 Å². The van der Waals surface area contributed by atoms with Crippen molar-refractivity contribution in [3.63, 3.8) is 0 Å². The summed E-state index contributed by atoms with van der Waals surface area (Å²) in [5.74, 6) is 0. The van der Waals surface area contributed by atoms with Crippen LogP contribution in [0.15, 0.2) is 0 Å². The van der Waals surface area contributed by atoms with Crippen LogP contribution in [0.4, 0.5) is 0 Å². The van der Waals surface area contributed by atoms with Gasteiger partial charge in [0.1, 0.15) is 0 Å². The van der Waals surface area contributed by atoms with Gasteiger partial charge in [-0.2, -0.15) is 0 Å². The van der Waals surface area contributed by atoms with Crippen LogP contribution >= 0.6 is 12.2 Å². The number of nitrogens with zero attached hydrogens (tertiary/aromatic N) is 1. The highest BCUT2D eigenvalue weighted by molar-refractivity contribution is 7.80. The Morgan fingerprint density at radius 2 is 2.25 bits per heavy atom. The summed E-state index contributed by atoms with van der Waals surface area (Å²) in [6, 6.07) is 0. The van der Waals surface area contributed by atoms with Gasteiger partial charge in [0.2, 0.25) is 0 Å². The molecule has 2 rings (SSSR count). The number of ether oxygens (including phenoxy) is 1. The standard InChI is InChI=1S/C8H14N2OS/c9-7(12)10-3-1-2-8(4-10)5-11-6-8/h1-6H2,(H2,9,12). The van der Waals surface area contributed by atoms with E-state index in [1.807, 2.05) is 0 Å². The van der Waals surface area contributed by atoms with Crippen LogP contribution in [0, 0.1) is 5.41 Å². The van der Waals surface area contributed by atoms with Gasteiger partial charge < -0.3 is 15.4 Å². The molecule has 2 N–H and O–H groups in total. The van der Waals surface area contributed by atoms with Crippen molar-refractivity contribution < 1.29 is 4.74 Å². The van der Waals surface area contributed by atoms with Crippen LogP contribution in [0.25, 0.3) is 0 Å². The van der Waals surface area contributed by atoms with Crippen LogP contribution in [0.1, 0.15) is 12.8 Å². The molecule has 4 heteroatoms. The molecule has 0 atom stereocenters. The average Bonchev–Trinajstić information content (AvgIpc) is 2.02. The number of hydrogen-bond acceptors (Lipinski definition) is 2. The summed E-state index contributed by atoms with van der Waals surface area (Å²) in [5, 5.41) is 0.543. The molecule has 68 valence electrons. The maximum atomic E-state index is 5.58. The lowest BCUT2D eigenvalue weighted by Gasteiger charge is -2.48. The second kappa shape index (κ2) is 2.85. The number of rotatable bonds is 0. The van der Waals surface area contributed by atoms with E-state index < -0.39 is 0 Å². The Morgan fingerprint density at radius 1 is 1.50 bits per heavy atom. The normalized spacial score (nSPS) is 26.8. The predicted octanol–water partition coefficient (Wildman–Crippen LogP) is 0.342. The zero-order chi connectivity index (χ0) is 8.60. The molecule has 3 nitrogen and oxygen atoms in total. The third-order valence-electron chi connectivity index (χ3n) is 2.79. The summed E-state index contributed by atoms with van der Waals surface area (Å²) in [5.41, 5.74) is 5.97. The molecule has 0 radical (unpaired) electrons. The molecule has 0 aromatic rings. The Labute approximate surface area is 77.9 Å². The van der Waals surface area contributed by atoms with Gasteiger partial charge in [0.15, 0.2) is 5.11 Å². The molecule has 2 aliphatic rings. The van der Waals surface area contributed by atoms with Crippen molar-refractivity contribution in [1.82, 2.24) is 4.90 Å². The van der Waals surface area contributed by atoms with Crippen molar-refractivity contribution in [2.75, 3.05) is 26.3 Å². The monoisotopic (exact) mass is 186 g/mol. The Balaban J connectivity index is 1.98. The number of likely N-dealkylation sites (tertiary alicyclic amines) is 1. The van der Waals surface area contributed by atoms with Crippen molar-refractivity contribution in [2.45, 2.75) is 12.8 Å². The van der Waals surface area contributed by atoms with Crippen molar-refractivity contribution in [1.29, 1.82) is 0 Å². The molecule has 0 bridgehead atoms. The molecule has 1 spiro atoms. The summed E-state index contributed by atoms with van der Waals surface area (Å²) in [6.45, 7) is 3.82. The molecule has 0 aliphatic carbocycles. The van der Waals surface area contributed by atoms with E-state index in [4.69, 9.17) is 22.7 Å². The quantitative estimate of drug-likeness (QED) is 0.554. The minimum Gasteiger partial charge on any atom is -0.380 e. The first kappa shape index (κ1) is 8.26.